The van der Waals surface area contributed by atoms with Crippen molar-refractivity contribution in [3.8, 4) is 0 Å². The molecule has 5 nitrogen and oxygen atoms in total. The lowest BCUT2D eigenvalue weighted by atomic mass is 10.1. The fraction of sp³-hybridized carbons (Fsp3) is 0.150. The molecule has 2 amide bonds. The van der Waals surface area contributed by atoms with E-state index in [1.165, 1.54) is 6.92 Å². The van der Waals surface area contributed by atoms with Crippen LogP contribution in [0.5, 0.6) is 0 Å². The minimum atomic E-state index is -0.124. The number of carbonyl (C=O) groups excluding carboxylic acids is 2. The summed E-state index contributed by atoms with van der Waals surface area (Å²) in [5.74, 6) is 0.482. The van der Waals surface area contributed by atoms with Gasteiger partial charge in [-0.1, -0.05) is 24.3 Å². The molecule has 7 heteroatoms. The summed E-state index contributed by atoms with van der Waals surface area (Å²) in [5, 5.41) is 7.71. The van der Waals surface area contributed by atoms with Crippen LogP contribution in [-0.2, 0) is 17.1 Å². The summed E-state index contributed by atoms with van der Waals surface area (Å²) in [6.45, 7) is 1.85. The first-order valence-electron chi connectivity index (χ1n) is 8.35. The number of amides is 2. The normalized spacial score (nSPS) is 10.4. The molecular formula is C20H19N3O2S2. The monoisotopic (exact) mass is 397 g/mol. The Bertz CT molecular complexity index is 926. The van der Waals surface area contributed by atoms with Gasteiger partial charge < -0.3 is 10.6 Å². The molecule has 138 valence electrons. The largest absolute Gasteiger partial charge is 0.348 e. The van der Waals surface area contributed by atoms with Crippen LogP contribution in [0.1, 0.15) is 28.5 Å². The Kier molecular flexibility index (Phi) is 6.62. The number of nitrogens with zero attached hydrogens (tertiary/aromatic N) is 1. The molecule has 0 atom stereocenters. The molecule has 0 fully saturated rings. The first-order valence-corrected chi connectivity index (χ1v) is 10.3. The number of aromatic nitrogens is 1. The zero-order valence-electron chi connectivity index (χ0n) is 14.8. The van der Waals surface area contributed by atoms with Crippen molar-refractivity contribution in [1.82, 2.24) is 10.3 Å². The van der Waals surface area contributed by atoms with Crippen LogP contribution in [0.4, 0.5) is 5.69 Å². The van der Waals surface area contributed by atoms with Gasteiger partial charge in [0.25, 0.3) is 5.91 Å². The Morgan fingerprint density at radius 1 is 1.15 bits per heavy atom. The summed E-state index contributed by atoms with van der Waals surface area (Å²) in [4.78, 5) is 29.0. The van der Waals surface area contributed by atoms with E-state index in [0.717, 1.165) is 21.9 Å². The Morgan fingerprint density at radius 3 is 2.78 bits per heavy atom. The highest BCUT2D eigenvalue weighted by Gasteiger charge is 2.12. The number of hydrogen-bond acceptors (Lipinski definition) is 5. The summed E-state index contributed by atoms with van der Waals surface area (Å²) in [6.07, 6.45) is 0. The average molecular weight is 398 g/mol. The number of anilines is 1. The summed E-state index contributed by atoms with van der Waals surface area (Å²) in [5.41, 5.74) is 5.10. The highest BCUT2D eigenvalue weighted by atomic mass is 32.2. The van der Waals surface area contributed by atoms with Crippen molar-refractivity contribution in [2.24, 2.45) is 0 Å². The first-order chi connectivity index (χ1) is 13.1. The van der Waals surface area contributed by atoms with Gasteiger partial charge >= 0.3 is 0 Å². The average Bonchev–Trinajstić information content (AvgIpc) is 3.18. The molecule has 0 aliphatic rings. The van der Waals surface area contributed by atoms with Crippen LogP contribution in [-0.4, -0.2) is 16.8 Å². The SMILES string of the molecule is CC(=O)Nc1cccc(CNC(=O)c2ccccc2SCc2cscn2)c1. The molecule has 2 aromatic carbocycles. The number of rotatable bonds is 7. The van der Waals surface area contributed by atoms with Gasteiger partial charge in [0.1, 0.15) is 0 Å². The third-order valence-electron chi connectivity index (χ3n) is 3.69. The molecular weight excluding hydrogens is 378 g/mol. The fourth-order valence-electron chi connectivity index (χ4n) is 2.48. The van der Waals surface area contributed by atoms with Crippen molar-refractivity contribution in [3.05, 3.63) is 76.2 Å². The zero-order valence-corrected chi connectivity index (χ0v) is 16.4. The third kappa shape index (κ3) is 5.67. The van der Waals surface area contributed by atoms with Crippen molar-refractivity contribution in [2.75, 3.05) is 5.32 Å². The van der Waals surface area contributed by atoms with Gasteiger partial charge in [0.05, 0.1) is 16.8 Å². The van der Waals surface area contributed by atoms with E-state index in [4.69, 9.17) is 0 Å². The van der Waals surface area contributed by atoms with Crippen molar-refractivity contribution in [3.63, 3.8) is 0 Å². The second-order valence-electron chi connectivity index (χ2n) is 5.83. The number of nitrogens with one attached hydrogen (secondary N) is 2. The molecule has 1 heterocycles. The number of thioether (sulfide) groups is 1. The molecule has 0 aliphatic heterocycles. The molecule has 3 rings (SSSR count). The van der Waals surface area contributed by atoms with Gasteiger partial charge in [0.2, 0.25) is 5.91 Å². The van der Waals surface area contributed by atoms with Crippen molar-refractivity contribution in [1.29, 1.82) is 0 Å². The number of thiazole rings is 1. The van der Waals surface area contributed by atoms with Crippen LogP contribution in [0.3, 0.4) is 0 Å². The third-order valence-corrected chi connectivity index (χ3v) is 5.43. The van der Waals surface area contributed by atoms with E-state index in [1.807, 2.05) is 59.4 Å². The van der Waals surface area contributed by atoms with Crippen molar-refractivity contribution in [2.45, 2.75) is 24.1 Å². The standard InChI is InChI=1S/C20H19N3O2S2/c1-14(24)23-16-6-4-5-15(9-16)10-21-20(25)18-7-2-3-8-19(18)27-12-17-11-26-13-22-17/h2-9,11,13H,10,12H2,1H3,(H,21,25)(H,23,24). The lowest BCUT2D eigenvalue weighted by Gasteiger charge is -2.10. The van der Waals surface area contributed by atoms with Gasteiger partial charge in [0.15, 0.2) is 0 Å². The van der Waals surface area contributed by atoms with E-state index < -0.39 is 0 Å². The van der Waals surface area contributed by atoms with E-state index in [2.05, 4.69) is 15.6 Å². The minimum Gasteiger partial charge on any atom is -0.348 e. The lowest BCUT2D eigenvalue weighted by molar-refractivity contribution is -0.114. The maximum absolute atomic E-state index is 12.7. The topological polar surface area (TPSA) is 71.1 Å². The second-order valence-corrected chi connectivity index (χ2v) is 7.56. The van der Waals surface area contributed by atoms with Gasteiger partial charge in [-0.2, -0.15) is 0 Å². The van der Waals surface area contributed by atoms with E-state index in [1.54, 1.807) is 23.1 Å². The van der Waals surface area contributed by atoms with Crippen LogP contribution < -0.4 is 10.6 Å². The Morgan fingerprint density at radius 2 is 2.00 bits per heavy atom. The summed E-state index contributed by atoms with van der Waals surface area (Å²) < 4.78 is 0. The predicted molar refractivity (Wildman–Crippen MR) is 110 cm³/mol. The molecule has 0 saturated heterocycles. The quantitative estimate of drug-likeness (QED) is 0.582. The molecule has 3 aromatic rings. The molecule has 0 unspecified atom stereocenters. The van der Waals surface area contributed by atoms with Crippen LogP contribution in [0.2, 0.25) is 0 Å². The fourth-order valence-corrected chi connectivity index (χ4v) is 4.10. The Hall–Kier alpha value is -2.64. The van der Waals surface area contributed by atoms with E-state index in [0.29, 0.717) is 17.8 Å². The highest BCUT2D eigenvalue weighted by Crippen LogP contribution is 2.26. The lowest BCUT2D eigenvalue weighted by Crippen LogP contribution is -2.23. The smallest absolute Gasteiger partial charge is 0.252 e. The van der Waals surface area contributed by atoms with Gasteiger partial charge in [-0.3, -0.25) is 9.59 Å². The van der Waals surface area contributed by atoms with E-state index >= 15 is 0 Å². The Balaban J connectivity index is 1.63. The van der Waals surface area contributed by atoms with Gasteiger partial charge in [0, 0.05) is 35.2 Å². The first kappa shape index (κ1) is 19.1. The van der Waals surface area contributed by atoms with Crippen LogP contribution in [0.25, 0.3) is 0 Å². The van der Waals surface area contributed by atoms with E-state index in [9.17, 15) is 9.59 Å². The Labute approximate surface area is 166 Å². The van der Waals surface area contributed by atoms with Gasteiger partial charge in [-0.25, -0.2) is 4.98 Å². The molecule has 0 aliphatic carbocycles. The maximum atomic E-state index is 12.7. The van der Waals surface area contributed by atoms with Crippen LogP contribution in [0.15, 0.2) is 64.3 Å². The molecule has 1 aromatic heterocycles. The molecule has 2 N–H and O–H groups in total. The highest BCUT2D eigenvalue weighted by molar-refractivity contribution is 7.98. The summed E-state index contributed by atoms with van der Waals surface area (Å²) >= 11 is 3.17. The van der Waals surface area contributed by atoms with Gasteiger partial charge in [-0.05, 0) is 29.8 Å². The maximum Gasteiger partial charge on any atom is 0.252 e. The van der Waals surface area contributed by atoms with Crippen molar-refractivity contribution < 1.29 is 9.59 Å². The van der Waals surface area contributed by atoms with Crippen LogP contribution in [0, 0.1) is 0 Å². The number of carbonyl (C=O) groups is 2. The van der Waals surface area contributed by atoms with Crippen LogP contribution >= 0.6 is 23.1 Å². The molecule has 0 radical (unpaired) electrons. The summed E-state index contributed by atoms with van der Waals surface area (Å²) in [7, 11) is 0. The predicted octanol–water partition coefficient (Wildman–Crippen LogP) is 4.32. The number of hydrogen-bond donors (Lipinski definition) is 2. The van der Waals surface area contributed by atoms with Gasteiger partial charge in [-0.15, -0.1) is 23.1 Å². The molecule has 0 spiro atoms. The number of benzene rings is 2. The summed E-state index contributed by atoms with van der Waals surface area (Å²) in [6, 6.07) is 15.0. The molecule has 0 saturated carbocycles. The second kappa shape index (κ2) is 9.34. The van der Waals surface area contributed by atoms with E-state index in [-0.39, 0.29) is 11.8 Å². The van der Waals surface area contributed by atoms with Crippen molar-refractivity contribution >= 4 is 40.6 Å². The minimum absolute atomic E-state index is 0.123. The molecule has 27 heavy (non-hydrogen) atoms. The zero-order chi connectivity index (χ0) is 19.1. The molecule has 0 bridgehead atoms.